The Bertz CT molecular complexity index is 1140. The average Bonchev–Trinajstić information content (AvgIpc) is 3.53. The number of benzene rings is 1. The molecule has 1 saturated heterocycles. The van der Waals surface area contributed by atoms with Crippen LogP contribution in [0, 0.1) is 0 Å². The van der Waals surface area contributed by atoms with E-state index in [-0.39, 0.29) is 11.3 Å². The lowest BCUT2D eigenvalue weighted by Gasteiger charge is -2.41. The van der Waals surface area contributed by atoms with Gasteiger partial charge in [0.1, 0.15) is 5.56 Å². The van der Waals surface area contributed by atoms with Gasteiger partial charge in [0.2, 0.25) is 5.88 Å². The van der Waals surface area contributed by atoms with Crippen LogP contribution in [0.25, 0.3) is 0 Å². The first-order valence-electron chi connectivity index (χ1n) is 11.8. The molecule has 5 rings (SSSR count). The number of carbonyl (C=O) groups excluding carboxylic acids is 1. The van der Waals surface area contributed by atoms with Crippen LogP contribution < -0.4 is 10.1 Å². The van der Waals surface area contributed by atoms with Crippen LogP contribution in [0.5, 0.6) is 5.88 Å². The largest absolute Gasteiger partial charge is 0.480 e. The molecule has 2 aliphatic rings. The zero-order chi connectivity index (χ0) is 22.8. The van der Waals surface area contributed by atoms with Crippen LogP contribution in [-0.2, 0) is 18.3 Å². The number of nitrogens with one attached hydrogen (secondary N) is 1. The fraction of sp³-hybridized carbons (Fsp3) is 0.423. The summed E-state index contributed by atoms with van der Waals surface area (Å²) < 4.78 is 5.51. The van der Waals surface area contributed by atoms with E-state index in [0.29, 0.717) is 24.5 Å². The molecular weight excluding hydrogens is 432 g/mol. The molecule has 172 valence electrons. The Morgan fingerprint density at radius 1 is 1.18 bits per heavy atom. The molecule has 0 saturated carbocycles. The van der Waals surface area contributed by atoms with E-state index in [9.17, 15) is 4.79 Å². The summed E-state index contributed by atoms with van der Waals surface area (Å²) in [4.78, 5) is 25.1. The third-order valence-electron chi connectivity index (χ3n) is 6.99. The van der Waals surface area contributed by atoms with Crippen molar-refractivity contribution in [1.29, 1.82) is 0 Å². The Balaban J connectivity index is 1.42. The van der Waals surface area contributed by atoms with Gasteiger partial charge in [-0.1, -0.05) is 30.3 Å². The van der Waals surface area contributed by atoms with E-state index in [1.165, 1.54) is 11.1 Å². The maximum absolute atomic E-state index is 13.5. The van der Waals surface area contributed by atoms with Gasteiger partial charge in [0.15, 0.2) is 5.13 Å². The van der Waals surface area contributed by atoms with Crippen molar-refractivity contribution in [3.05, 3.63) is 69.9 Å². The number of piperidine rings is 1. The summed E-state index contributed by atoms with van der Waals surface area (Å²) in [6.45, 7) is 4.27. The number of methoxy groups -OCH3 is 1. The normalized spacial score (nSPS) is 17.0. The van der Waals surface area contributed by atoms with Crippen LogP contribution in [-0.4, -0.2) is 47.5 Å². The molecule has 3 aromatic rings. The first kappa shape index (κ1) is 21.9. The van der Waals surface area contributed by atoms with Gasteiger partial charge in [0.05, 0.1) is 12.8 Å². The Morgan fingerprint density at radius 3 is 2.70 bits per heavy atom. The van der Waals surface area contributed by atoms with E-state index in [2.05, 4.69) is 46.9 Å². The monoisotopic (exact) mass is 462 g/mol. The molecule has 6 nitrogen and oxygen atoms in total. The van der Waals surface area contributed by atoms with Gasteiger partial charge in [-0.2, -0.15) is 0 Å². The minimum absolute atomic E-state index is 0.0160. The quantitative estimate of drug-likeness (QED) is 0.576. The molecule has 1 aliphatic carbocycles. The van der Waals surface area contributed by atoms with Crippen LogP contribution in [0.2, 0.25) is 0 Å². The predicted octanol–water partition coefficient (Wildman–Crippen LogP) is 4.69. The van der Waals surface area contributed by atoms with Gasteiger partial charge in [-0.3, -0.25) is 4.79 Å². The van der Waals surface area contributed by atoms with Crippen LogP contribution in [0.1, 0.15) is 59.1 Å². The van der Waals surface area contributed by atoms with E-state index in [4.69, 9.17) is 9.72 Å². The van der Waals surface area contributed by atoms with Crippen molar-refractivity contribution in [2.24, 2.45) is 0 Å². The number of amides is 1. The van der Waals surface area contributed by atoms with Crippen molar-refractivity contribution < 1.29 is 9.53 Å². The van der Waals surface area contributed by atoms with Crippen molar-refractivity contribution >= 4 is 22.4 Å². The molecule has 0 bridgehead atoms. The zero-order valence-corrected chi connectivity index (χ0v) is 20.1. The van der Waals surface area contributed by atoms with E-state index >= 15 is 0 Å². The number of hydrogen-bond donors (Lipinski definition) is 1. The summed E-state index contributed by atoms with van der Waals surface area (Å²) in [5.74, 6) is 0.470. The molecule has 0 atom stereocenters. The van der Waals surface area contributed by atoms with Gasteiger partial charge in [0, 0.05) is 36.1 Å². The van der Waals surface area contributed by atoms with E-state index in [1.807, 2.05) is 17.0 Å². The number of ether oxygens (including phenoxy) is 1. The fourth-order valence-corrected chi connectivity index (χ4v) is 6.08. The third kappa shape index (κ3) is 3.99. The van der Waals surface area contributed by atoms with Crippen LogP contribution in [0.4, 0.5) is 5.13 Å². The highest BCUT2D eigenvalue weighted by molar-refractivity contribution is 7.13. The third-order valence-corrected chi connectivity index (χ3v) is 7.79. The number of pyridine rings is 1. The van der Waals surface area contributed by atoms with Crippen LogP contribution in [0.3, 0.4) is 0 Å². The number of thiazole rings is 1. The molecule has 0 unspecified atom stereocenters. The molecule has 1 aliphatic heterocycles. The highest BCUT2D eigenvalue weighted by Gasteiger charge is 2.41. The van der Waals surface area contributed by atoms with Gasteiger partial charge in [-0.15, -0.1) is 11.3 Å². The fourth-order valence-electron chi connectivity index (χ4n) is 5.20. The second-order valence-electron chi connectivity index (χ2n) is 8.81. The minimum Gasteiger partial charge on any atom is -0.480 e. The van der Waals surface area contributed by atoms with E-state index in [0.717, 1.165) is 55.2 Å². The van der Waals surface area contributed by atoms with Gasteiger partial charge in [-0.25, -0.2) is 9.97 Å². The van der Waals surface area contributed by atoms with Crippen molar-refractivity contribution in [3.8, 4) is 5.88 Å². The molecule has 3 heterocycles. The molecule has 1 fully saturated rings. The van der Waals surface area contributed by atoms with Crippen molar-refractivity contribution in [2.45, 2.75) is 44.4 Å². The smallest absolute Gasteiger partial charge is 0.259 e. The summed E-state index contributed by atoms with van der Waals surface area (Å²) in [5.41, 5.74) is 5.02. The molecule has 0 radical (unpaired) electrons. The molecule has 1 amide bonds. The lowest BCUT2D eigenvalue weighted by molar-refractivity contribution is 0.0680. The molecule has 0 spiro atoms. The standard InChI is InChI=1S/C26H30N4O2S/c1-3-27-25-29-22(17-33-25)26(19-9-5-4-6-10-19)12-14-30(15-13-26)24(31)20-16-18-8-7-11-21(18)28-23(20)32-2/h4-6,9-10,16-17H,3,7-8,11-15H2,1-2H3,(H,27,29). The molecule has 1 aromatic carbocycles. The summed E-state index contributed by atoms with van der Waals surface area (Å²) in [5, 5.41) is 6.47. The first-order valence-corrected chi connectivity index (χ1v) is 12.6. The lowest BCUT2D eigenvalue weighted by atomic mass is 9.70. The Morgan fingerprint density at radius 2 is 1.97 bits per heavy atom. The number of nitrogens with zero attached hydrogens (tertiary/aromatic N) is 3. The maximum Gasteiger partial charge on any atom is 0.259 e. The Kier molecular flexibility index (Phi) is 6.06. The number of carbonyl (C=O) groups is 1. The summed E-state index contributed by atoms with van der Waals surface area (Å²) in [6, 6.07) is 12.6. The van der Waals surface area contributed by atoms with Crippen LogP contribution in [0.15, 0.2) is 41.8 Å². The molecule has 2 aromatic heterocycles. The van der Waals surface area contributed by atoms with Gasteiger partial charge in [-0.05, 0) is 56.2 Å². The molecular formula is C26H30N4O2S. The maximum atomic E-state index is 13.5. The second-order valence-corrected chi connectivity index (χ2v) is 9.67. The number of aromatic nitrogens is 2. The van der Waals surface area contributed by atoms with Crippen molar-refractivity contribution in [2.75, 3.05) is 32.1 Å². The minimum atomic E-state index is -0.192. The van der Waals surface area contributed by atoms with Gasteiger partial charge in [0.25, 0.3) is 5.91 Å². The van der Waals surface area contributed by atoms with Crippen molar-refractivity contribution in [3.63, 3.8) is 0 Å². The molecule has 33 heavy (non-hydrogen) atoms. The summed E-state index contributed by atoms with van der Waals surface area (Å²) in [6.07, 6.45) is 4.71. The lowest BCUT2D eigenvalue weighted by Crippen LogP contribution is -2.46. The number of anilines is 1. The summed E-state index contributed by atoms with van der Waals surface area (Å²) in [7, 11) is 1.60. The molecule has 1 N–H and O–H groups in total. The zero-order valence-electron chi connectivity index (χ0n) is 19.3. The topological polar surface area (TPSA) is 67.4 Å². The van der Waals surface area contributed by atoms with Gasteiger partial charge >= 0.3 is 0 Å². The highest BCUT2D eigenvalue weighted by atomic mass is 32.1. The number of likely N-dealkylation sites (tertiary alicyclic amines) is 1. The number of rotatable bonds is 6. The van der Waals surface area contributed by atoms with E-state index < -0.39 is 0 Å². The highest BCUT2D eigenvalue weighted by Crippen LogP contribution is 2.43. The van der Waals surface area contributed by atoms with Crippen LogP contribution >= 0.6 is 11.3 Å². The SMILES string of the molecule is CCNc1nc(C2(c3ccccc3)CCN(C(=O)c3cc4c(nc3OC)CCC4)CC2)cs1. The Hall–Kier alpha value is -2.93. The van der Waals surface area contributed by atoms with Crippen molar-refractivity contribution in [1.82, 2.24) is 14.9 Å². The average molecular weight is 463 g/mol. The summed E-state index contributed by atoms with van der Waals surface area (Å²) >= 11 is 1.65. The van der Waals surface area contributed by atoms with E-state index in [1.54, 1.807) is 18.4 Å². The number of fused-ring (bicyclic) bond motifs is 1. The van der Waals surface area contributed by atoms with Gasteiger partial charge < -0.3 is 15.0 Å². The number of aryl methyl sites for hydroxylation is 2. The number of hydrogen-bond acceptors (Lipinski definition) is 6. The molecule has 7 heteroatoms. The first-order chi connectivity index (χ1) is 16.1. The second kappa shape index (κ2) is 9.14. The Labute approximate surface area is 199 Å². The predicted molar refractivity (Wildman–Crippen MR) is 131 cm³/mol.